The molecule has 0 bridgehead atoms. The Hall–Kier alpha value is -0.930. The summed E-state index contributed by atoms with van der Waals surface area (Å²) in [4.78, 5) is 6.79. The summed E-state index contributed by atoms with van der Waals surface area (Å²) in [5, 5.41) is 0. The topological polar surface area (TPSA) is 42.1 Å². The molecule has 1 fully saturated rings. The first kappa shape index (κ1) is 12.5. The van der Waals surface area contributed by atoms with Crippen molar-refractivity contribution in [2.45, 2.75) is 44.7 Å². The van der Waals surface area contributed by atoms with Gasteiger partial charge in [-0.1, -0.05) is 18.9 Å². The van der Waals surface area contributed by atoms with Crippen LogP contribution in [0.1, 0.15) is 37.7 Å². The van der Waals surface area contributed by atoms with Crippen molar-refractivity contribution in [1.82, 2.24) is 9.88 Å². The molecule has 1 aromatic heterocycles. The van der Waals surface area contributed by atoms with Gasteiger partial charge >= 0.3 is 0 Å². The van der Waals surface area contributed by atoms with E-state index in [0.29, 0.717) is 0 Å². The van der Waals surface area contributed by atoms with E-state index in [-0.39, 0.29) is 0 Å². The van der Waals surface area contributed by atoms with Gasteiger partial charge in [0.15, 0.2) is 0 Å². The average Bonchev–Trinajstić information content (AvgIpc) is 2.89. The fraction of sp³-hybridized carbons (Fsp3) is 0.643. The van der Waals surface area contributed by atoms with E-state index in [1.54, 1.807) is 0 Å². The molecular weight excluding hydrogens is 210 g/mol. The highest BCUT2D eigenvalue weighted by molar-refractivity contribution is 5.08. The van der Waals surface area contributed by atoms with Crippen LogP contribution in [0.4, 0.5) is 0 Å². The number of pyridine rings is 1. The van der Waals surface area contributed by atoms with Crippen LogP contribution < -0.4 is 5.73 Å². The zero-order valence-corrected chi connectivity index (χ0v) is 10.5. The number of hydrogen-bond acceptors (Lipinski definition) is 3. The van der Waals surface area contributed by atoms with Gasteiger partial charge in [0.2, 0.25) is 0 Å². The summed E-state index contributed by atoms with van der Waals surface area (Å²) in [6, 6.07) is 4.95. The minimum absolute atomic E-state index is 0.766. The van der Waals surface area contributed by atoms with Crippen molar-refractivity contribution < 1.29 is 0 Å². The molecule has 2 rings (SSSR count). The molecule has 1 aromatic rings. The summed E-state index contributed by atoms with van der Waals surface area (Å²) in [5.74, 6) is 0. The van der Waals surface area contributed by atoms with Gasteiger partial charge in [-0.2, -0.15) is 0 Å². The van der Waals surface area contributed by atoms with Gasteiger partial charge in [-0.05, 0) is 44.0 Å². The fourth-order valence-electron chi connectivity index (χ4n) is 2.68. The number of nitrogens with two attached hydrogens (primary N) is 1. The molecule has 0 spiro atoms. The van der Waals surface area contributed by atoms with Crippen molar-refractivity contribution >= 4 is 0 Å². The smallest absolute Gasteiger partial charge is 0.0312 e. The normalized spacial score (nSPS) is 16.8. The van der Waals surface area contributed by atoms with Gasteiger partial charge in [0.25, 0.3) is 0 Å². The third kappa shape index (κ3) is 3.79. The van der Waals surface area contributed by atoms with Crippen LogP contribution >= 0.6 is 0 Å². The van der Waals surface area contributed by atoms with Crippen LogP contribution in [-0.4, -0.2) is 29.0 Å². The van der Waals surface area contributed by atoms with E-state index in [4.69, 9.17) is 5.73 Å². The number of nitrogens with zero attached hydrogens (tertiary/aromatic N) is 2. The lowest BCUT2D eigenvalue weighted by Crippen LogP contribution is -2.34. The van der Waals surface area contributed by atoms with Gasteiger partial charge in [0.1, 0.15) is 0 Å². The van der Waals surface area contributed by atoms with Crippen LogP contribution in [0, 0.1) is 0 Å². The first-order valence-electron chi connectivity index (χ1n) is 6.73. The molecule has 1 heterocycles. The highest BCUT2D eigenvalue weighted by Crippen LogP contribution is 2.24. The van der Waals surface area contributed by atoms with Crippen LogP contribution in [0.25, 0.3) is 0 Å². The molecule has 1 aliphatic carbocycles. The van der Waals surface area contributed by atoms with E-state index in [1.165, 1.54) is 31.2 Å². The van der Waals surface area contributed by atoms with E-state index in [2.05, 4.69) is 16.0 Å². The predicted molar refractivity (Wildman–Crippen MR) is 70.6 cm³/mol. The summed E-state index contributed by atoms with van der Waals surface area (Å²) in [5.41, 5.74) is 6.95. The van der Waals surface area contributed by atoms with Crippen molar-refractivity contribution in [3.63, 3.8) is 0 Å². The average molecular weight is 233 g/mol. The maximum atomic E-state index is 5.63. The summed E-state index contributed by atoms with van der Waals surface area (Å²) in [7, 11) is 0. The minimum Gasteiger partial charge on any atom is -0.330 e. The van der Waals surface area contributed by atoms with Gasteiger partial charge in [0.05, 0.1) is 0 Å². The zero-order valence-electron chi connectivity index (χ0n) is 10.5. The van der Waals surface area contributed by atoms with Crippen molar-refractivity contribution in [2.75, 3.05) is 13.1 Å². The van der Waals surface area contributed by atoms with Gasteiger partial charge in [0, 0.05) is 25.0 Å². The Kier molecular flexibility index (Phi) is 4.95. The lowest BCUT2D eigenvalue weighted by atomic mass is 10.1. The Bertz CT molecular complexity index is 307. The Labute approximate surface area is 104 Å². The van der Waals surface area contributed by atoms with Crippen molar-refractivity contribution in [3.05, 3.63) is 30.1 Å². The molecule has 1 saturated carbocycles. The van der Waals surface area contributed by atoms with Gasteiger partial charge in [-0.15, -0.1) is 0 Å². The molecule has 0 radical (unpaired) electrons. The van der Waals surface area contributed by atoms with Crippen LogP contribution in [-0.2, 0) is 6.54 Å². The highest BCUT2D eigenvalue weighted by atomic mass is 15.2. The van der Waals surface area contributed by atoms with E-state index in [9.17, 15) is 0 Å². The molecule has 0 unspecified atom stereocenters. The second kappa shape index (κ2) is 6.72. The maximum Gasteiger partial charge on any atom is 0.0312 e. The van der Waals surface area contributed by atoms with E-state index in [1.807, 2.05) is 18.5 Å². The van der Waals surface area contributed by atoms with Crippen LogP contribution in [0.3, 0.4) is 0 Å². The molecule has 1 aliphatic rings. The maximum absolute atomic E-state index is 5.63. The lowest BCUT2D eigenvalue weighted by Gasteiger charge is -2.28. The standard InChI is InChI=1S/C14H23N3/c15-8-4-10-17(14-6-1-2-7-14)12-13-5-3-9-16-11-13/h3,5,9,11,14H,1-2,4,6-8,10,12,15H2. The molecular formula is C14H23N3. The Balaban J connectivity index is 1.94. The molecule has 0 saturated heterocycles. The molecule has 0 aliphatic heterocycles. The third-order valence-corrected chi connectivity index (χ3v) is 3.60. The predicted octanol–water partition coefficient (Wildman–Crippen LogP) is 2.17. The molecule has 0 atom stereocenters. The van der Waals surface area contributed by atoms with Crippen molar-refractivity contribution in [3.8, 4) is 0 Å². The van der Waals surface area contributed by atoms with Gasteiger partial charge in [-0.3, -0.25) is 9.88 Å². The second-order valence-corrected chi connectivity index (χ2v) is 4.91. The second-order valence-electron chi connectivity index (χ2n) is 4.91. The monoisotopic (exact) mass is 233 g/mol. The Morgan fingerprint density at radius 3 is 2.82 bits per heavy atom. The van der Waals surface area contributed by atoms with Crippen LogP contribution in [0.15, 0.2) is 24.5 Å². The molecule has 0 amide bonds. The SMILES string of the molecule is NCCCN(Cc1cccnc1)C1CCCC1. The molecule has 0 aromatic carbocycles. The first-order valence-corrected chi connectivity index (χ1v) is 6.73. The zero-order chi connectivity index (χ0) is 11.9. The van der Waals surface area contributed by atoms with Crippen LogP contribution in [0.2, 0.25) is 0 Å². The largest absolute Gasteiger partial charge is 0.330 e. The van der Waals surface area contributed by atoms with E-state index in [0.717, 1.165) is 32.1 Å². The summed E-state index contributed by atoms with van der Waals surface area (Å²) in [6.45, 7) is 2.94. The first-order chi connectivity index (χ1) is 8.40. The molecule has 3 nitrogen and oxygen atoms in total. The summed E-state index contributed by atoms with van der Waals surface area (Å²) in [6.07, 6.45) is 10.4. The minimum atomic E-state index is 0.766. The molecule has 94 valence electrons. The number of hydrogen-bond donors (Lipinski definition) is 1. The molecule has 2 N–H and O–H groups in total. The van der Waals surface area contributed by atoms with Gasteiger partial charge < -0.3 is 5.73 Å². The van der Waals surface area contributed by atoms with Crippen molar-refractivity contribution in [1.29, 1.82) is 0 Å². The van der Waals surface area contributed by atoms with E-state index >= 15 is 0 Å². The fourth-order valence-corrected chi connectivity index (χ4v) is 2.68. The number of rotatable bonds is 6. The van der Waals surface area contributed by atoms with E-state index < -0.39 is 0 Å². The molecule has 17 heavy (non-hydrogen) atoms. The highest BCUT2D eigenvalue weighted by Gasteiger charge is 2.21. The summed E-state index contributed by atoms with van der Waals surface area (Å²) >= 11 is 0. The lowest BCUT2D eigenvalue weighted by molar-refractivity contribution is 0.188. The van der Waals surface area contributed by atoms with Crippen molar-refractivity contribution in [2.24, 2.45) is 5.73 Å². The summed E-state index contributed by atoms with van der Waals surface area (Å²) < 4.78 is 0. The quantitative estimate of drug-likeness (QED) is 0.819. The molecule has 3 heteroatoms. The Morgan fingerprint density at radius 2 is 2.18 bits per heavy atom. The Morgan fingerprint density at radius 1 is 1.35 bits per heavy atom. The third-order valence-electron chi connectivity index (χ3n) is 3.60. The number of aromatic nitrogens is 1. The van der Waals surface area contributed by atoms with Gasteiger partial charge in [-0.25, -0.2) is 0 Å². The van der Waals surface area contributed by atoms with Crippen LogP contribution in [0.5, 0.6) is 0 Å².